The van der Waals surface area contributed by atoms with Gasteiger partial charge in [-0.2, -0.15) is 0 Å². The maximum Gasteiger partial charge on any atom is 0.251 e. The summed E-state index contributed by atoms with van der Waals surface area (Å²) in [5, 5.41) is 9.64. The molecular formula is C21H37IN4O. The number of aliphatic imine (C=N–C) groups is 1. The topological polar surface area (TPSA) is 65.5 Å². The summed E-state index contributed by atoms with van der Waals surface area (Å²) in [6, 6.07) is 7.65. The van der Waals surface area contributed by atoms with E-state index in [2.05, 4.69) is 41.7 Å². The Bertz CT molecular complexity index is 594. The summed E-state index contributed by atoms with van der Waals surface area (Å²) in [5.41, 5.74) is 1.44. The summed E-state index contributed by atoms with van der Waals surface area (Å²) < 4.78 is 0. The van der Waals surface area contributed by atoms with Crippen molar-refractivity contribution in [2.45, 2.75) is 66.5 Å². The second-order valence-corrected chi connectivity index (χ2v) is 8.06. The first-order valence-corrected chi connectivity index (χ1v) is 9.65. The standard InChI is InChI=1S/C21H36N4O.HI/c1-7-22-20(23-13-9-10-16(2)3)24-15-17-11-8-12-18(14-17)19(26)25-21(4,5)6;/h8,11-12,14,16H,7,9-10,13,15H2,1-6H3,(H,25,26)(H2,22,23,24);1H. The molecule has 3 N–H and O–H groups in total. The first-order valence-electron chi connectivity index (χ1n) is 9.65. The minimum atomic E-state index is -0.247. The molecule has 0 aliphatic carbocycles. The Balaban J connectivity index is 0.00000676. The van der Waals surface area contributed by atoms with E-state index in [1.807, 2.05) is 45.0 Å². The van der Waals surface area contributed by atoms with Gasteiger partial charge in [-0.15, -0.1) is 24.0 Å². The number of hydrogen-bond donors (Lipinski definition) is 3. The van der Waals surface area contributed by atoms with E-state index >= 15 is 0 Å². The highest BCUT2D eigenvalue weighted by molar-refractivity contribution is 14.0. The molecule has 0 atom stereocenters. The molecule has 0 aliphatic rings. The van der Waals surface area contributed by atoms with E-state index in [9.17, 15) is 4.79 Å². The molecule has 0 unspecified atom stereocenters. The van der Waals surface area contributed by atoms with Crippen LogP contribution in [0.2, 0.25) is 0 Å². The summed E-state index contributed by atoms with van der Waals surface area (Å²) >= 11 is 0. The van der Waals surface area contributed by atoms with Gasteiger partial charge in [0.2, 0.25) is 0 Å². The van der Waals surface area contributed by atoms with Crippen LogP contribution in [0.15, 0.2) is 29.3 Å². The molecule has 0 saturated heterocycles. The van der Waals surface area contributed by atoms with Gasteiger partial charge in [-0.25, -0.2) is 4.99 Å². The van der Waals surface area contributed by atoms with E-state index in [1.54, 1.807) is 0 Å². The van der Waals surface area contributed by atoms with E-state index in [0.717, 1.165) is 37.0 Å². The Hall–Kier alpha value is -1.31. The van der Waals surface area contributed by atoms with Crippen molar-refractivity contribution < 1.29 is 4.79 Å². The Morgan fingerprint density at radius 1 is 1.19 bits per heavy atom. The molecule has 154 valence electrons. The first kappa shape index (κ1) is 25.7. The molecule has 0 aromatic heterocycles. The lowest BCUT2D eigenvalue weighted by Crippen LogP contribution is -2.40. The molecule has 0 heterocycles. The normalized spacial score (nSPS) is 11.7. The number of carbonyl (C=O) groups is 1. The van der Waals surface area contributed by atoms with Crippen LogP contribution in [0, 0.1) is 5.92 Å². The molecule has 0 radical (unpaired) electrons. The van der Waals surface area contributed by atoms with E-state index in [-0.39, 0.29) is 35.4 Å². The van der Waals surface area contributed by atoms with Gasteiger partial charge in [0.15, 0.2) is 5.96 Å². The largest absolute Gasteiger partial charge is 0.357 e. The smallest absolute Gasteiger partial charge is 0.251 e. The fraction of sp³-hybridized carbons (Fsp3) is 0.619. The van der Waals surface area contributed by atoms with Crippen LogP contribution < -0.4 is 16.0 Å². The van der Waals surface area contributed by atoms with Gasteiger partial charge < -0.3 is 16.0 Å². The molecule has 0 spiro atoms. The lowest BCUT2D eigenvalue weighted by Gasteiger charge is -2.20. The quantitative estimate of drug-likeness (QED) is 0.221. The maximum absolute atomic E-state index is 12.3. The number of halogens is 1. The average molecular weight is 488 g/mol. The minimum absolute atomic E-state index is 0. The zero-order chi connectivity index (χ0) is 19.6. The van der Waals surface area contributed by atoms with Crippen LogP contribution in [0.5, 0.6) is 0 Å². The van der Waals surface area contributed by atoms with Gasteiger partial charge in [0.25, 0.3) is 5.91 Å². The van der Waals surface area contributed by atoms with Crippen molar-refractivity contribution in [1.82, 2.24) is 16.0 Å². The van der Waals surface area contributed by atoms with E-state index in [4.69, 9.17) is 0 Å². The molecule has 1 aromatic rings. The number of nitrogens with one attached hydrogen (secondary N) is 3. The van der Waals surface area contributed by atoms with Crippen LogP contribution in [0.1, 0.15) is 70.3 Å². The lowest BCUT2D eigenvalue weighted by molar-refractivity contribution is 0.0919. The molecule has 0 fully saturated rings. The fourth-order valence-corrected chi connectivity index (χ4v) is 2.45. The molecule has 27 heavy (non-hydrogen) atoms. The van der Waals surface area contributed by atoms with Crippen molar-refractivity contribution in [3.05, 3.63) is 35.4 Å². The third-order valence-electron chi connectivity index (χ3n) is 3.69. The van der Waals surface area contributed by atoms with Crippen LogP contribution in [0.3, 0.4) is 0 Å². The van der Waals surface area contributed by atoms with Gasteiger partial charge in [-0.3, -0.25) is 4.79 Å². The Kier molecular flexibility index (Phi) is 12.3. The number of carbonyl (C=O) groups excluding carboxylic acids is 1. The number of rotatable bonds is 8. The predicted molar refractivity (Wildman–Crippen MR) is 126 cm³/mol. The third-order valence-corrected chi connectivity index (χ3v) is 3.69. The van der Waals surface area contributed by atoms with Crippen LogP contribution in [-0.2, 0) is 6.54 Å². The van der Waals surface area contributed by atoms with Crippen LogP contribution in [-0.4, -0.2) is 30.5 Å². The Labute approximate surface area is 182 Å². The molecule has 1 aromatic carbocycles. The Morgan fingerprint density at radius 2 is 1.89 bits per heavy atom. The molecule has 1 amide bonds. The average Bonchev–Trinajstić information content (AvgIpc) is 2.55. The number of nitrogens with zero attached hydrogens (tertiary/aromatic N) is 1. The van der Waals surface area contributed by atoms with E-state index in [1.165, 1.54) is 6.42 Å². The summed E-state index contributed by atoms with van der Waals surface area (Å²) in [6.45, 7) is 14.7. The van der Waals surface area contributed by atoms with Crippen molar-refractivity contribution in [2.24, 2.45) is 10.9 Å². The van der Waals surface area contributed by atoms with Gasteiger partial charge in [-0.1, -0.05) is 26.0 Å². The Morgan fingerprint density at radius 3 is 2.48 bits per heavy atom. The molecule has 0 aliphatic heterocycles. The highest BCUT2D eigenvalue weighted by Crippen LogP contribution is 2.09. The molecule has 0 saturated carbocycles. The SMILES string of the molecule is CCNC(=NCc1cccc(C(=O)NC(C)(C)C)c1)NCCCC(C)C.I. The number of amides is 1. The van der Waals surface area contributed by atoms with Crippen molar-refractivity contribution in [1.29, 1.82) is 0 Å². The molecule has 0 bridgehead atoms. The molecule has 1 rings (SSSR count). The summed E-state index contributed by atoms with van der Waals surface area (Å²) in [5.74, 6) is 1.49. The van der Waals surface area contributed by atoms with Crippen LogP contribution in [0.4, 0.5) is 0 Å². The van der Waals surface area contributed by atoms with Gasteiger partial charge in [0, 0.05) is 24.2 Å². The van der Waals surface area contributed by atoms with Crippen LogP contribution >= 0.6 is 24.0 Å². The molecule has 6 heteroatoms. The van der Waals surface area contributed by atoms with E-state index in [0.29, 0.717) is 12.1 Å². The number of benzene rings is 1. The lowest BCUT2D eigenvalue weighted by atomic mass is 10.1. The fourth-order valence-electron chi connectivity index (χ4n) is 2.45. The zero-order valence-corrected chi connectivity index (χ0v) is 20.0. The monoisotopic (exact) mass is 488 g/mol. The second-order valence-electron chi connectivity index (χ2n) is 8.06. The van der Waals surface area contributed by atoms with Gasteiger partial charge in [0.05, 0.1) is 6.54 Å². The first-order chi connectivity index (χ1) is 12.2. The zero-order valence-electron chi connectivity index (χ0n) is 17.7. The highest BCUT2D eigenvalue weighted by Gasteiger charge is 2.15. The molecular weight excluding hydrogens is 451 g/mol. The van der Waals surface area contributed by atoms with Gasteiger partial charge in [0.1, 0.15) is 0 Å². The predicted octanol–water partition coefficient (Wildman–Crippen LogP) is 4.32. The second kappa shape index (κ2) is 13.0. The van der Waals surface area contributed by atoms with Gasteiger partial charge in [-0.05, 0) is 64.2 Å². The van der Waals surface area contributed by atoms with Crippen molar-refractivity contribution in [2.75, 3.05) is 13.1 Å². The van der Waals surface area contributed by atoms with Crippen molar-refractivity contribution >= 4 is 35.8 Å². The highest BCUT2D eigenvalue weighted by atomic mass is 127. The number of hydrogen-bond acceptors (Lipinski definition) is 2. The summed E-state index contributed by atoms with van der Waals surface area (Å²) in [4.78, 5) is 16.9. The van der Waals surface area contributed by atoms with Gasteiger partial charge >= 0.3 is 0 Å². The van der Waals surface area contributed by atoms with Crippen molar-refractivity contribution in [3.63, 3.8) is 0 Å². The van der Waals surface area contributed by atoms with E-state index < -0.39 is 0 Å². The summed E-state index contributed by atoms with van der Waals surface area (Å²) in [6.07, 6.45) is 2.34. The maximum atomic E-state index is 12.3. The summed E-state index contributed by atoms with van der Waals surface area (Å²) in [7, 11) is 0. The van der Waals surface area contributed by atoms with Crippen molar-refractivity contribution in [3.8, 4) is 0 Å². The minimum Gasteiger partial charge on any atom is -0.357 e. The van der Waals surface area contributed by atoms with Crippen LogP contribution in [0.25, 0.3) is 0 Å². The number of guanidine groups is 1. The third kappa shape index (κ3) is 11.9. The molecule has 5 nitrogen and oxygen atoms in total.